The number of halogens is 2. The maximum atomic E-state index is 11.1. The van der Waals surface area contributed by atoms with Gasteiger partial charge in [-0.1, -0.05) is 41.4 Å². The van der Waals surface area contributed by atoms with Crippen molar-refractivity contribution < 1.29 is 29.2 Å². The van der Waals surface area contributed by atoms with Crippen molar-refractivity contribution in [2.75, 3.05) is 27.9 Å². The van der Waals surface area contributed by atoms with Crippen LogP contribution in [0.25, 0.3) is 22.3 Å². The first-order valence-corrected chi connectivity index (χ1v) is 10.2. The van der Waals surface area contributed by atoms with Crippen molar-refractivity contribution >= 4 is 23.2 Å². The highest BCUT2D eigenvalue weighted by molar-refractivity contribution is 6.55. The summed E-state index contributed by atoms with van der Waals surface area (Å²) in [4.78, 5) is 0. The van der Waals surface area contributed by atoms with Gasteiger partial charge >= 0.3 is 0 Å². The van der Waals surface area contributed by atoms with E-state index in [-0.39, 0.29) is 28.3 Å². The van der Waals surface area contributed by atoms with E-state index < -0.39 is 0 Å². The lowest BCUT2D eigenvalue weighted by molar-refractivity contribution is 0.326. The summed E-state index contributed by atoms with van der Waals surface area (Å²) < 4.78 is 22.3. The Labute approximate surface area is 196 Å². The summed E-state index contributed by atoms with van der Waals surface area (Å²) >= 11 is 11.2. The molecule has 2 N–H and O–H groups in total. The normalized spacial score (nSPS) is 10.4. The van der Waals surface area contributed by atoms with Gasteiger partial charge in [-0.2, -0.15) is 0 Å². The quantitative estimate of drug-likeness (QED) is 0.405. The molecule has 32 heavy (non-hydrogen) atoms. The lowest BCUT2D eigenvalue weighted by Crippen LogP contribution is -1.98. The van der Waals surface area contributed by atoms with E-state index in [1.165, 1.54) is 27.4 Å². The average molecular weight is 477 g/mol. The van der Waals surface area contributed by atoms with Gasteiger partial charge in [-0.15, -0.1) is 0 Å². The number of benzene rings is 3. The fourth-order valence-electron chi connectivity index (χ4n) is 3.27. The Morgan fingerprint density at radius 3 is 2.06 bits per heavy atom. The van der Waals surface area contributed by atoms with Crippen LogP contribution in [0.15, 0.2) is 59.1 Å². The van der Waals surface area contributed by atoms with E-state index in [0.717, 1.165) is 5.56 Å². The summed E-state index contributed by atoms with van der Waals surface area (Å²) in [7, 11) is 4.51. The van der Waals surface area contributed by atoms with Crippen molar-refractivity contribution in [3.05, 3.63) is 59.1 Å². The summed E-state index contributed by atoms with van der Waals surface area (Å²) in [5.74, 6) is 1.67. The highest BCUT2D eigenvalue weighted by Gasteiger charge is 2.22. The van der Waals surface area contributed by atoms with Gasteiger partial charge < -0.3 is 29.2 Å². The van der Waals surface area contributed by atoms with Crippen LogP contribution in [-0.4, -0.2) is 38.1 Å². The molecule has 0 atom stereocenters. The topological polar surface area (TPSA) is 77.4 Å². The number of rotatable bonds is 8. The highest BCUT2D eigenvalue weighted by Crippen LogP contribution is 2.50. The fraction of sp³-hybridized carbons (Fsp3) is 0.167. The Kier molecular flexibility index (Phi) is 7.62. The predicted molar refractivity (Wildman–Crippen MR) is 126 cm³/mol. The summed E-state index contributed by atoms with van der Waals surface area (Å²) in [5.41, 5.74) is 2.42. The van der Waals surface area contributed by atoms with Crippen molar-refractivity contribution in [1.29, 1.82) is 0 Å². The van der Waals surface area contributed by atoms with Gasteiger partial charge in [0.1, 0.15) is 22.6 Å². The molecule has 0 aliphatic carbocycles. The van der Waals surface area contributed by atoms with Crippen LogP contribution in [0.2, 0.25) is 0 Å². The first kappa shape index (κ1) is 23.4. The summed E-state index contributed by atoms with van der Waals surface area (Å²) in [6.07, 6.45) is 1.51. The highest BCUT2D eigenvalue weighted by atomic mass is 35.5. The minimum atomic E-state index is -0.0949. The summed E-state index contributed by atoms with van der Waals surface area (Å²) in [6.45, 7) is 0.168. The number of aromatic hydroxyl groups is 2. The van der Waals surface area contributed by atoms with Gasteiger partial charge in [-0.05, 0) is 47.5 Å². The van der Waals surface area contributed by atoms with Crippen LogP contribution in [-0.2, 0) is 0 Å². The van der Waals surface area contributed by atoms with Gasteiger partial charge in [0.15, 0.2) is 23.0 Å². The predicted octanol–water partition coefficient (Wildman–Crippen LogP) is 6.16. The molecule has 0 radical (unpaired) electrons. The SMILES string of the molecule is COc1cc(-c2c(OC)cc(-c3ccc(O)cc3)c(OC)c2O)ccc1OCC=C(Cl)Cl. The molecule has 0 spiro atoms. The molecule has 0 amide bonds. The smallest absolute Gasteiger partial charge is 0.170 e. The van der Waals surface area contributed by atoms with E-state index in [0.29, 0.717) is 33.9 Å². The molecule has 0 aromatic heterocycles. The van der Waals surface area contributed by atoms with Gasteiger partial charge in [0.25, 0.3) is 0 Å². The third kappa shape index (κ3) is 4.98. The van der Waals surface area contributed by atoms with Gasteiger partial charge in [0, 0.05) is 5.56 Å². The van der Waals surface area contributed by atoms with Gasteiger partial charge in [-0.25, -0.2) is 0 Å². The Morgan fingerprint density at radius 1 is 0.812 bits per heavy atom. The monoisotopic (exact) mass is 476 g/mol. The van der Waals surface area contributed by atoms with E-state index in [9.17, 15) is 10.2 Å². The second kappa shape index (κ2) is 10.4. The number of hydrogen-bond acceptors (Lipinski definition) is 6. The van der Waals surface area contributed by atoms with Crippen molar-refractivity contribution in [3.63, 3.8) is 0 Å². The fourth-order valence-corrected chi connectivity index (χ4v) is 3.39. The lowest BCUT2D eigenvalue weighted by Gasteiger charge is -2.19. The molecule has 8 heteroatoms. The van der Waals surface area contributed by atoms with Crippen LogP contribution in [0.1, 0.15) is 0 Å². The first-order chi connectivity index (χ1) is 15.4. The molecule has 6 nitrogen and oxygen atoms in total. The van der Waals surface area contributed by atoms with E-state index in [1.807, 2.05) is 0 Å². The van der Waals surface area contributed by atoms with Crippen molar-refractivity contribution in [3.8, 4) is 56.8 Å². The zero-order chi connectivity index (χ0) is 23.3. The van der Waals surface area contributed by atoms with Crippen LogP contribution < -0.4 is 18.9 Å². The Morgan fingerprint density at radius 2 is 1.47 bits per heavy atom. The molecule has 0 bridgehead atoms. The molecule has 0 saturated heterocycles. The standard InChI is InChI=1S/C24H22Cl2O6/c1-29-19-12-15(6-9-18(19)32-11-10-21(25)26)22-20(30-2)13-17(24(31-3)23(22)28)14-4-7-16(27)8-5-14/h4-10,12-13,27-28H,11H2,1-3H3. The van der Waals surface area contributed by atoms with Crippen molar-refractivity contribution in [2.24, 2.45) is 0 Å². The molecule has 0 fully saturated rings. The molecule has 0 unspecified atom stereocenters. The van der Waals surface area contributed by atoms with E-state index in [2.05, 4.69) is 0 Å². The number of hydrogen-bond donors (Lipinski definition) is 2. The summed E-state index contributed by atoms with van der Waals surface area (Å²) in [6, 6.07) is 13.5. The van der Waals surface area contributed by atoms with Crippen LogP contribution in [0.4, 0.5) is 0 Å². The maximum Gasteiger partial charge on any atom is 0.170 e. The minimum absolute atomic E-state index is 0.0949. The number of phenolic OH excluding ortho intramolecular Hbond substituents is 2. The van der Waals surface area contributed by atoms with Crippen LogP contribution >= 0.6 is 23.2 Å². The van der Waals surface area contributed by atoms with E-state index in [4.69, 9.17) is 42.1 Å². The number of phenols is 2. The van der Waals surface area contributed by atoms with Crippen LogP contribution in [0, 0.1) is 0 Å². The third-order valence-electron chi connectivity index (χ3n) is 4.75. The first-order valence-electron chi connectivity index (χ1n) is 9.49. The number of ether oxygens (including phenoxy) is 4. The Bertz CT molecular complexity index is 1120. The Hall–Kier alpha value is -3.22. The van der Waals surface area contributed by atoms with Crippen LogP contribution in [0.5, 0.6) is 34.5 Å². The second-order valence-electron chi connectivity index (χ2n) is 6.60. The molecule has 3 rings (SSSR count). The Balaban J connectivity index is 2.11. The van der Waals surface area contributed by atoms with E-state index in [1.54, 1.807) is 48.5 Å². The van der Waals surface area contributed by atoms with E-state index >= 15 is 0 Å². The molecule has 168 valence electrons. The molecule has 3 aromatic rings. The molecule has 0 heterocycles. The summed E-state index contributed by atoms with van der Waals surface area (Å²) in [5, 5.41) is 20.7. The largest absolute Gasteiger partial charge is 0.508 e. The zero-order valence-corrected chi connectivity index (χ0v) is 19.2. The number of methoxy groups -OCH3 is 3. The minimum Gasteiger partial charge on any atom is -0.508 e. The second-order valence-corrected chi connectivity index (χ2v) is 7.61. The molecular formula is C24H22Cl2O6. The molecular weight excluding hydrogens is 455 g/mol. The van der Waals surface area contributed by atoms with Gasteiger partial charge in [-0.3, -0.25) is 0 Å². The van der Waals surface area contributed by atoms with Gasteiger partial charge in [0.05, 0.1) is 26.9 Å². The zero-order valence-electron chi connectivity index (χ0n) is 17.7. The molecule has 3 aromatic carbocycles. The van der Waals surface area contributed by atoms with Crippen molar-refractivity contribution in [1.82, 2.24) is 0 Å². The maximum absolute atomic E-state index is 11.1. The van der Waals surface area contributed by atoms with Gasteiger partial charge in [0.2, 0.25) is 0 Å². The molecule has 0 aliphatic heterocycles. The lowest BCUT2D eigenvalue weighted by atomic mass is 9.96. The molecule has 0 aliphatic rings. The van der Waals surface area contributed by atoms with Crippen molar-refractivity contribution in [2.45, 2.75) is 0 Å². The average Bonchev–Trinajstić information content (AvgIpc) is 2.79. The third-order valence-corrected chi connectivity index (χ3v) is 5.06. The molecule has 0 saturated carbocycles. The van der Waals surface area contributed by atoms with Crippen LogP contribution in [0.3, 0.4) is 0 Å².